The highest BCUT2D eigenvalue weighted by atomic mass is 35.5. The Morgan fingerprint density at radius 3 is 2.41 bits per heavy atom. The van der Waals surface area contributed by atoms with Crippen molar-refractivity contribution in [2.45, 2.75) is 18.6 Å². The number of nitrogens with zero attached hydrogens (tertiary/aromatic N) is 1. The zero-order chi connectivity index (χ0) is 15.4. The van der Waals surface area contributed by atoms with Gasteiger partial charge in [0.05, 0.1) is 17.1 Å². The van der Waals surface area contributed by atoms with Crippen LogP contribution in [0.5, 0.6) is 5.75 Å². The van der Waals surface area contributed by atoms with Crippen molar-refractivity contribution in [1.82, 2.24) is 0 Å². The van der Waals surface area contributed by atoms with E-state index in [9.17, 15) is 20.3 Å². The molecule has 0 aliphatic heterocycles. The van der Waals surface area contributed by atoms with E-state index < -0.39 is 28.5 Å². The van der Waals surface area contributed by atoms with E-state index in [2.05, 4.69) is 0 Å². The van der Waals surface area contributed by atoms with E-state index >= 15 is 0 Å². The lowest BCUT2D eigenvalue weighted by atomic mass is 9.96. The average molecular weight is 325 g/mol. The van der Waals surface area contributed by atoms with Gasteiger partial charge >= 0.3 is 5.69 Å². The largest absolute Gasteiger partial charge is 0.502 e. The number of phenols is 1. The number of aliphatic hydroxyl groups is 1. The highest BCUT2D eigenvalue weighted by Gasteiger charge is 2.21. The van der Waals surface area contributed by atoms with Gasteiger partial charge in [-0.3, -0.25) is 10.1 Å². The second kappa shape index (κ2) is 7.74. The first-order chi connectivity index (χ1) is 9.99. The number of hydrogen-bond acceptors (Lipinski definition) is 5. The van der Waals surface area contributed by atoms with Crippen molar-refractivity contribution in [3.63, 3.8) is 0 Å². The molecular formula is C15H17ClN2O4. The Bertz CT molecular complexity index is 637. The highest BCUT2D eigenvalue weighted by molar-refractivity contribution is 5.85. The quantitative estimate of drug-likeness (QED) is 0.577. The molecule has 0 saturated carbocycles. The molecule has 2 rings (SSSR count). The number of aliphatic hydroxyl groups excluding tert-OH is 1. The summed E-state index contributed by atoms with van der Waals surface area (Å²) in [4.78, 5) is 10.1. The Labute approximate surface area is 133 Å². The SMILES string of the molecule is Cl.N[C@@H](c1ccc(O)c([N+](=O)[O-])c1)[C@H](O)Cc1ccccc1. The molecule has 2 atom stereocenters. The van der Waals surface area contributed by atoms with Crippen molar-refractivity contribution in [2.75, 3.05) is 0 Å². The van der Waals surface area contributed by atoms with E-state index in [1.807, 2.05) is 30.3 Å². The van der Waals surface area contributed by atoms with Gasteiger partial charge in [-0.15, -0.1) is 12.4 Å². The molecule has 6 nitrogen and oxygen atoms in total. The van der Waals surface area contributed by atoms with Crippen molar-refractivity contribution >= 4 is 18.1 Å². The summed E-state index contributed by atoms with van der Waals surface area (Å²) in [6.07, 6.45) is -0.534. The Morgan fingerprint density at radius 1 is 1.18 bits per heavy atom. The Kier molecular flexibility index (Phi) is 6.30. The van der Waals surface area contributed by atoms with E-state index in [1.165, 1.54) is 18.2 Å². The normalized spacial score (nSPS) is 13.0. The molecule has 22 heavy (non-hydrogen) atoms. The van der Waals surface area contributed by atoms with Gasteiger partial charge in [0.15, 0.2) is 5.75 Å². The van der Waals surface area contributed by atoms with Crippen molar-refractivity contribution in [1.29, 1.82) is 0 Å². The van der Waals surface area contributed by atoms with Crippen LogP contribution in [0.4, 0.5) is 5.69 Å². The van der Waals surface area contributed by atoms with Crippen molar-refractivity contribution in [3.05, 3.63) is 69.8 Å². The molecule has 0 heterocycles. The van der Waals surface area contributed by atoms with Crippen LogP contribution in [0.3, 0.4) is 0 Å². The van der Waals surface area contributed by atoms with Gasteiger partial charge in [-0.05, 0) is 17.2 Å². The van der Waals surface area contributed by atoms with Crippen LogP contribution in [0, 0.1) is 10.1 Å². The van der Waals surface area contributed by atoms with Crippen LogP contribution in [-0.2, 0) is 6.42 Å². The maximum Gasteiger partial charge on any atom is 0.311 e. The van der Waals surface area contributed by atoms with Gasteiger partial charge in [-0.25, -0.2) is 0 Å². The number of nitrogens with two attached hydrogens (primary N) is 1. The first kappa shape index (κ1) is 17.9. The number of nitro groups is 1. The molecule has 0 saturated heterocycles. The zero-order valence-electron chi connectivity index (χ0n) is 11.6. The van der Waals surface area contributed by atoms with Crippen LogP contribution in [0.1, 0.15) is 17.2 Å². The van der Waals surface area contributed by atoms with E-state index in [-0.39, 0.29) is 12.4 Å². The van der Waals surface area contributed by atoms with Crippen LogP contribution in [0.2, 0.25) is 0 Å². The molecule has 0 bridgehead atoms. The topological polar surface area (TPSA) is 110 Å². The molecule has 0 radical (unpaired) electrons. The number of phenolic OH excluding ortho intramolecular Hbond substituents is 1. The number of halogens is 1. The molecule has 4 N–H and O–H groups in total. The summed E-state index contributed by atoms with van der Waals surface area (Å²) in [5, 5.41) is 30.4. The second-order valence-corrected chi connectivity index (χ2v) is 4.79. The monoisotopic (exact) mass is 324 g/mol. The Balaban J connectivity index is 0.00000242. The Hall–Kier alpha value is -2.15. The predicted octanol–water partition coefficient (Wildman–Crippen LogP) is 2.33. The molecule has 0 amide bonds. The third kappa shape index (κ3) is 4.17. The minimum atomic E-state index is -0.878. The maximum atomic E-state index is 10.8. The average Bonchev–Trinajstić information content (AvgIpc) is 2.47. The van der Waals surface area contributed by atoms with Crippen LogP contribution in [-0.4, -0.2) is 21.2 Å². The van der Waals surface area contributed by atoms with Gasteiger partial charge < -0.3 is 15.9 Å². The van der Waals surface area contributed by atoms with Gasteiger partial charge in [-0.1, -0.05) is 36.4 Å². The lowest BCUT2D eigenvalue weighted by molar-refractivity contribution is -0.385. The number of hydrogen-bond donors (Lipinski definition) is 3. The zero-order valence-corrected chi connectivity index (χ0v) is 12.4. The fourth-order valence-electron chi connectivity index (χ4n) is 2.10. The van der Waals surface area contributed by atoms with Gasteiger partial charge in [0.2, 0.25) is 0 Å². The first-order valence-electron chi connectivity index (χ1n) is 6.44. The summed E-state index contributed by atoms with van der Waals surface area (Å²) < 4.78 is 0. The standard InChI is InChI=1S/C15H16N2O4.ClH/c16-15(14(19)8-10-4-2-1-3-5-10)11-6-7-13(18)12(9-11)17(20)21;/h1-7,9,14-15,18-19H,8,16H2;1H/t14-,15+;/m1./s1. The van der Waals surface area contributed by atoms with Crippen LogP contribution in [0.25, 0.3) is 0 Å². The summed E-state index contributed by atoms with van der Waals surface area (Å²) in [5.74, 6) is -0.423. The second-order valence-electron chi connectivity index (χ2n) is 4.79. The van der Waals surface area contributed by atoms with Gasteiger partial charge in [0, 0.05) is 12.5 Å². The van der Waals surface area contributed by atoms with Crippen LogP contribution >= 0.6 is 12.4 Å². The summed E-state index contributed by atoms with van der Waals surface area (Å²) in [6, 6.07) is 12.4. The van der Waals surface area contributed by atoms with Gasteiger partial charge in [0.25, 0.3) is 0 Å². The molecule has 0 fully saturated rings. The van der Waals surface area contributed by atoms with Gasteiger partial charge in [-0.2, -0.15) is 0 Å². The third-order valence-electron chi connectivity index (χ3n) is 3.28. The lowest BCUT2D eigenvalue weighted by Crippen LogP contribution is -2.28. The fraction of sp³-hybridized carbons (Fsp3) is 0.200. The molecule has 0 spiro atoms. The fourth-order valence-corrected chi connectivity index (χ4v) is 2.10. The number of benzene rings is 2. The van der Waals surface area contributed by atoms with E-state index in [0.717, 1.165) is 5.56 Å². The van der Waals surface area contributed by atoms with Crippen molar-refractivity contribution < 1.29 is 15.1 Å². The molecule has 2 aromatic rings. The molecule has 0 unspecified atom stereocenters. The third-order valence-corrected chi connectivity index (χ3v) is 3.28. The molecule has 7 heteroatoms. The van der Waals surface area contributed by atoms with E-state index in [4.69, 9.17) is 5.73 Å². The Morgan fingerprint density at radius 2 is 1.82 bits per heavy atom. The smallest absolute Gasteiger partial charge is 0.311 e. The summed E-state index contributed by atoms with van der Waals surface area (Å²) in [7, 11) is 0. The van der Waals surface area contributed by atoms with Crippen LogP contribution in [0.15, 0.2) is 48.5 Å². The minimum Gasteiger partial charge on any atom is -0.502 e. The molecule has 118 valence electrons. The summed E-state index contributed by atoms with van der Waals surface area (Å²) >= 11 is 0. The van der Waals surface area contributed by atoms with E-state index in [1.54, 1.807) is 0 Å². The first-order valence-corrected chi connectivity index (χ1v) is 6.44. The summed E-state index contributed by atoms with van der Waals surface area (Å²) in [5.41, 5.74) is 6.86. The number of nitro benzene ring substituents is 1. The molecular weight excluding hydrogens is 308 g/mol. The number of aromatic hydroxyl groups is 1. The predicted molar refractivity (Wildman–Crippen MR) is 85.1 cm³/mol. The van der Waals surface area contributed by atoms with Crippen LogP contribution < -0.4 is 5.73 Å². The molecule has 2 aromatic carbocycles. The van der Waals surface area contributed by atoms with Crippen molar-refractivity contribution in [3.8, 4) is 5.75 Å². The van der Waals surface area contributed by atoms with Crippen molar-refractivity contribution in [2.24, 2.45) is 5.73 Å². The van der Waals surface area contributed by atoms with E-state index in [0.29, 0.717) is 12.0 Å². The highest BCUT2D eigenvalue weighted by Crippen LogP contribution is 2.29. The minimum absolute atomic E-state index is 0. The van der Waals surface area contributed by atoms with Gasteiger partial charge in [0.1, 0.15) is 0 Å². The number of rotatable bonds is 5. The maximum absolute atomic E-state index is 10.8. The lowest BCUT2D eigenvalue weighted by Gasteiger charge is -2.19. The summed E-state index contributed by atoms with van der Waals surface area (Å²) in [6.45, 7) is 0. The molecule has 0 aliphatic rings. The molecule has 0 aromatic heterocycles. The molecule has 0 aliphatic carbocycles.